The number of nitrogens with one attached hydrogen (secondary N) is 1. The van der Waals surface area contributed by atoms with Crippen LogP contribution in [0.2, 0.25) is 0 Å². The van der Waals surface area contributed by atoms with Crippen molar-refractivity contribution in [1.82, 2.24) is 10.2 Å². The van der Waals surface area contributed by atoms with E-state index in [1.165, 1.54) is 0 Å². The Balaban J connectivity index is 2.18. The molecule has 0 saturated carbocycles. The summed E-state index contributed by atoms with van der Waals surface area (Å²) in [5.74, 6) is 0.756. The molecule has 2 rings (SSSR count). The minimum absolute atomic E-state index is 0.0516. The standard InChI is InChI=1S/C9H14N4O/c1-2-7-4-8(12-11-7)13-5-6(10)3-9(13)14/h4,6H,2-3,5,10H2,1H3,(H,11,12). The van der Waals surface area contributed by atoms with Crippen molar-refractivity contribution in [3.8, 4) is 0 Å². The highest BCUT2D eigenvalue weighted by atomic mass is 16.2. The lowest BCUT2D eigenvalue weighted by atomic mass is 10.3. The van der Waals surface area contributed by atoms with E-state index in [1.54, 1.807) is 4.90 Å². The monoisotopic (exact) mass is 194 g/mol. The van der Waals surface area contributed by atoms with Crippen LogP contribution < -0.4 is 10.6 Å². The van der Waals surface area contributed by atoms with Crippen molar-refractivity contribution >= 4 is 11.7 Å². The number of aromatic nitrogens is 2. The molecular formula is C9H14N4O. The SMILES string of the molecule is CCc1cc(N2CC(N)CC2=O)n[nH]1. The Bertz CT molecular complexity index is 346. The molecule has 0 aromatic carbocycles. The van der Waals surface area contributed by atoms with Crippen LogP contribution in [0.3, 0.4) is 0 Å². The number of aromatic amines is 1. The van der Waals surface area contributed by atoms with Crippen molar-refractivity contribution in [3.63, 3.8) is 0 Å². The number of nitrogens with two attached hydrogens (primary N) is 1. The maximum Gasteiger partial charge on any atom is 0.229 e. The molecule has 1 atom stereocenters. The van der Waals surface area contributed by atoms with Crippen LogP contribution in [-0.2, 0) is 11.2 Å². The van der Waals surface area contributed by atoms with Crippen molar-refractivity contribution in [2.24, 2.45) is 5.73 Å². The Morgan fingerprint density at radius 1 is 1.79 bits per heavy atom. The number of nitrogens with zero attached hydrogens (tertiary/aromatic N) is 2. The van der Waals surface area contributed by atoms with Crippen LogP contribution in [-0.4, -0.2) is 28.7 Å². The average molecular weight is 194 g/mol. The molecule has 1 aromatic rings. The third kappa shape index (κ3) is 1.50. The third-order valence-corrected chi connectivity index (χ3v) is 2.43. The Kier molecular flexibility index (Phi) is 2.25. The first-order valence-electron chi connectivity index (χ1n) is 4.81. The van der Waals surface area contributed by atoms with Gasteiger partial charge in [0.2, 0.25) is 5.91 Å². The van der Waals surface area contributed by atoms with Crippen LogP contribution in [0.5, 0.6) is 0 Å². The zero-order valence-corrected chi connectivity index (χ0v) is 8.16. The summed E-state index contributed by atoms with van der Waals surface area (Å²) in [6.45, 7) is 2.61. The van der Waals surface area contributed by atoms with Gasteiger partial charge in [-0.05, 0) is 6.42 Å². The number of anilines is 1. The minimum atomic E-state index is -0.0516. The number of hydrogen-bond acceptors (Lipinski definition) is 3. The molecule has 5 nitrogen and oxygen atoms in total. The normalized spacial score (nSPS) is 22.0. The smallest absolute Gasteiger partial charge is 0.229 e. The van der Waals surface area contributed by atoms with E-state index in [1.807, 2.05) is 13.0 Å². The lowest BCUT2D eigenvalue weighted by Crippen LogP contribution is -2.28. The zero-order chi connectivity index (χ0) is 10.1. The summed E-state index contributed by atoms with van der Waals surface area (Å²) in [6.07, 6.45) is 1.31. The van der Waals surface area contributed by atoms with Gasteiger partial charge < -0.3 is 5.73 Å². The molecule has 1 fully saturated rings. The van der Waals surface area contributed by atoms with E-state index in [2.05, 4.69) is 10.2 Å². The Morgan fingerprint density at radius 3 is 3.07 bits per heavy atom. The van der Waals surface area contributed by atoms with E-state index < -0.39 is 0 Å². The minimum Gasteiger partial charge on any atom is -0.326 e. The van der Waals surface area contributed by atoms with Crippen LogP contribution in [0.1, 0.15) is 19.0 Å². The van der Waals surface area contributed by atoms with E-state index in [0.717, 1.165) is 12.1 Å². The number of H-pyrrole nitrogens is 1. The van der Waals surface area contributed by atoms with Gasteiger partial charge in [-0.2, -0.15) is 5.10 Å². The highest BCUT2D eigenvalue weighted by Crippen LogP contribution is 2.19. The number of carbonyl (C=O) groups excluding carboxylic acids is 1. The highest BCUT2D eigenvalue weighted by molar-refractivity contribution is 5.95. The van der Waals surface area contributed by atoms with Crippen LogP contribution in [0, 0.1) is 0 Å². The molecule has 1 aliphatic rings. The molecule has 1 amide bonds. The third-order valence-electron chi connectivity index (χ3n) is 2.43. The first-order chi connectivity index (χ1) is 6.70. The number of aryl methyl sites for hydroxylation is 1. The summed E-state index contributed by atoms with van der Waals surface area (Å²) in [7, 11) is 0. The summed E-state index contributed by atoms with van der Waals surface area (Å²) in [5.41, 5.74) is 6.73. The van der Waals surface area contributed by atoms with Crippen molar-refractivity contribution in [2.75, 3.05) is 11.4 Å². The highest BCUT2D eigenvalue weighted by Gasteiger charge is 2.29. The summed E-state index contributed by atoms with van der Waals surface area (Å²) in [6, 6.07) is 1.85. The fraction of sp³-hybridized carbons (Fsp3) is 0.556. The molecule has 0 aliphatic carbocycles. The predicted molar refractivity (Wildman–Crippen MR) is 52.9 cm³/mol. The van der Waals surface area contributed by atoms with Gasteiger partial charge in [-0.3, -0.25) is 14.8 Å². The van der Waals surface area contributed by atoms with Gasteiger partial charge in [0.15, 0.2) is 5.82 Å². The van der Waals surface area contributed by atoms with E-state index in [9.17, 15) is 4.79 Å². The van der Waals surface area contributed by atoms with E-state index in [-0.39, 0.29) is 11.9 Å². The van der Waals surface area contributed by atoms with Gasteiger partial charge in [0, 0.05) is 30.8 Å². The molecule has 76 valence electrons. The van der Waals surface area contributed by atoms with Crippen molar-refractivity contribution in [2.45, 2.75) is 25.8 Å². The summed E-state index contributed by atoms with van der Waals surface area (Å²) in [4.78, 5) is 13.1. The second kappa shape index (κ2) is 3.42. The number of carbonyl (C=O) groups is 1. The van der Waals surface area contributed by atoms with Gasteiger partial charge in [0.25, 0.3) is 0 Å². The lowest BCUT2D eigenvalue weighted by molar-refractivity contribution is -0.117. The van der Waals surface area contributed by atoms with Gasteiger partial charge >= 0.3 is 0 Å². The fourth-order valence-corrected chi connectivity index (χ4v) is 1.63. The summed E-state index contributed by atoms with van der Waals surface area (Å²) >= 11 is 0. The average Bonchev–Trinajstić information content (AvgIpc) is 2.71. The van der Waals surface area contributed by atoms with Gasteiger partial charge in [-0.1, -0.05) is 6.92 Å². The molecule has 2 heterocycles. The molecule has 5 heteroatoms. The number of amides is 1. The number of hydrogen-bond donors (Lipinski definition) is 2. The summed E-state index contributed by atoms with van der Waals surface area (Å²) in [5, 5.41) is 6.96. The molecule has 3 N–H and O–H groups in total. The predicted octanol–water partition coefficient (Wildman–Crippen LogP) is 0.0361. The van der Waals surface area contributed by atoms with Crippen molar-refractivity contribution in [1.29, 1.82) is 0 Å². The maximum absolute atomic E-state index is 11.5. The Hall–Kier alpha value is -1.36. The number of rotatable bonds is 2. The molecule has 1 saturated heterocycles. The molecule has 1 aliphatic heterocycles. The van der Waals surface area contributed by atoms with Crippen LogP contribution in [0.4, 0.5) is 5.82 Å². The van der Waals surface area contributed by atoms with E-state index >= 15 is 0 Å². The lowest BCUT2D eigenvalue weighted by Gasteiger charge is -2.11. The summed E-state index contributed by atoms with van der Waals surface area (Å²) < 4.78 is 0. The Labute approximate surface area is 82.3 Å². The van der Waals surface area contributed by atoms with Crippen LogP contribution >= 0.6 is 0 Å². The molecule has 14 heavy (non-hydrogen) atoms. The quantitative estimate of drug-likeness (QED) is 0.697. The van der Waals surface area contributed by atoms with Gasteiger partial charge in [-0.25, -0.2) is 0 Å². The van der Waals surface area contributed by atoms with E-state index in [0.29, 0.717) is 18.8 Å². The van der Waals surface area contributed by atoms with E-state index in [4.69, 9.17) is 5.73 Å². The van der Waals surface area contributed by atoms with Crippen LogP contribution in [0.15, 0.2) is 6.07 Å². The van der Waals surface area contributed by atoms with Gasteiger partial charge in [-0.15, -0.1) is 0 Å². The zero-order valence-electron chi connectivity index (χ0n) is 8.16. The topological polar surface area (TPSA) is 75.0 Å². The fourth-order valence-electron chi connectivity index (χ4n) is 1.63. The van der Waals surface area contributed by atoms with Crippen LogP contribution in [0.25, 0.3) is 0 Å². The second-order valence-electron chi connectivity index (χ2n) is 3.57. The van der Waals surface area contributed by atoms with Crippen molar-refractivity contribution < 1.29 is 4.79 Å². The van der Waals surface area contributed by atoms with Gasteiger partial charge in [0.1, 0.15) is 0 Å². The molecule has 1 aromatic heterocycles. The first kappa shape index (κ1) is 9.21. The maximum atomic E-state index is 11.5. The van der Waals surface area contributed by atoms with Crippen molar-refractivity contribution in [3.05, 3.63) is 11.8 Å². The molecular weight excluding hydrogens is 180 g/mol. The Morgan fingerprint density at radius 2 is 2.57 bits per heavy atom. The molecule has 0 radical (unpaired) electrons. The largest absolute Gasteiger partial charge is 0.326 e. The first-order valence-corrected chi connectivity index (χ1v) is 4.81. The second-order valence-corrected chi connectivity index (χ2v) is 3.57. The van der Waals surface area contributed by atoms with Gasteiger partial charge in [0.05, 0.1) is 0 Å². The molecule has 0 bridgehead atoms. The molecule has 1 unspecified atom stereocenters. The molecule has 0 spiro atoms.